The molecule has 0 aromatic heterocycles. The first-order valence-corrected chi connectivity index (χ1v) is 13.3. The third kappa shape index (κ3) is 4.07. The van der Waals surface area contributed by atoms with Gasteiger partial charge in [0.1, 0.15) is 0 Å². The van der Waals surface area contributed by atoms with Gasteiger partial charge in [0.2, 0.25) is 0 Å². The zero-order chi connectivity index (χ0) is 11.7. The quantitative estimate of drug-likeness (QED) is 0.499. The molecule has 0 fully saturated rings. The monoisotopic (exact) mass is 375 g/mol. The van der Waals surface area contributed by atoms with Crippen LogP contribution >= 0.6 is 0 Å². The summed E-state index contributed by atoms with van der Waals surface area (Å²) in [6.07, 6.45) is 9.30. The molecule has 2 rings (SSSR count). The largest absolute Gasteiger partial charge is 1.00 e. The second-order valence-corrected chi connectivity index (χ2v) is 17.8. The van der Waals surface area contributed by atoms with E-state index in [1.807, 2.05) is 3.28 Å². The van der Waals surface area contributed by atoms with Crippen molar-refractivity contribution in [1.82, 2.24) is 0 Å². The molecule has 18 heavy (non-hydrogen) atoms. The number of hydrogen-bond acceptors (Lipinski definition) is 0. The van der Waals surface area contributed by atoms with Gasteiger partial charge in [-0.15, -0.1) is 0 Å². The van der Waals surface area contributed by atoms with Crippen molar-refractivity contribution < 1.29 is 46.7 Å². The zero-order valence-electron chi connectivity index (χ0n) is 11.4. The van der Waals surface area contributed by atoms with Gasteiger partial charge < -0.3 is 24.8 Å². The molecule has 0 aromatic carbocycles. The van der Waals surface area contributed by atoms with Crippen molar-refractivity contribution in [2.45, 2.75) is 39.8 Å². The van der Waals surface area contributed by atoms with E-state index >= 15 is 0 Å². The van der Waals surface area contributed by atoms with Crippen LogP contribution in [0.2, 0.25) is 13.1 Å². The van der Waals surface area contributed by atoms with E-state index in [-0.39, 0.29) is 52.1 Å². The van der Waals surface area contributed by atoms with Crippen LogP contribution in [0.15, 0.2) is 43.8 Å². The summed E-state index contributed by atoms with van der Waals surface area (Å²) in [5, 5.41) is 0. The third-order valence-electron chi connectivity index (χ3n) is 3.25. The van der Waals surface area contributed by atoms with E-state index in [0.29, 0.717) is 0 Å². The average molecular weight is 378 g/mol. The molecule has 0 radical (unpaired) electrons. The van der Waals surface area contributed by atoms with Gasteiger partial charge in [0, 0.05) is 0 Å². The third-order valence-corrected chi connectivity index (χ3v) is 11.0. The zero-order valence-corrected chi connectivity index (χ0v) is 16.4. The summed E-state index contributed by atoms with van der Waals surface area (Å²) >= 11 is -0.243. The van der Waals surface area contributed by atoms with Crippen LogP contribution in [0.1, 0.15) is 26.7 Å². The Labute approximate surface area is 135 Å². The molecule has 0 amide bonds. The SMILES string of the molecule is CC1=C(C)C(C2=CC=CC2)=[C]([Zr+2]=[Si](C)C)C1.[Cl-].[Cl-]. The van der Waals surface area contributed by atoms with Crippen LogP contribution in [0.3, 0.4) is 0 Å². The van der Waals surface area contributed by atoms with Crippen LogP contribution in [0, 0.1) is 0 Å². The Hall–Kier alpha value is 0.640. The maximum atomic E-state index is 2.49. The van der Waals surface area contributed by atoms with Gasteiger partial charge in [-0.3, -0.25) is 0 Å². The van der Waals surface area contributed by atoms with Gasteiger partial charge in [-0.25, -0.2) is 0 Å². The first kappa shape index (κ1) is 18.6. The van der Waals surface area contributed by atoms with Gasteiger partial charge in [-0.05, 0) is 0 Å². The summed E-state index contributed by atoms with van der Waals surface area (Å²) in [7, 11) is 0. The van der Waals surface area contributed by atoms with Crippen molar-refractivity contribution in [3.05, 3.63) is 43.8 Å². The number of rotatable bonds is 2. The molecular weight excluding hydrogens is 358 g/mol. The molecule has 97 valence electrons. The number of hydrogen-bond donors (Lipinski definition) is 0. The molecule has 2 aliphatic carbocycles. The Morgan fingerprint density at radius 3 is 2.33 bits per heavy atom. The molecule has 0 nitrogen and oxygen atoms in total. The van der Waals surface area contributed by atoms with E-state index < -0.39 is 0 Å². The summed E-state index contributed by atoms with van der Waals surface area (Å²) in [6, 6.07) is 0. The topological polar surface area (TPSA) is 0 Å². The minimum atomic E-state index is -0.243. The minimum Gasteiger partial charge on any atom is -1.00 e. The second-order valence-electron chi connectivity index (χ2n) is 4.88. The van der Waals surface area contributed by atoms with Crippen molar-refractivity contribution in [3.8, 4) is 0 Å². The molecular formula is C14H19Cl2SiZr. The maximum Gasteiger partial charge on any atom is -1.00 e. The fraction of sp³-hybridized carbons (Fsp3) is 0.429. The number of allylic oxidation sites excluding steroid dienone is 8. The fourth-order valence-corrected chi connectivity index (χ4v) is 10.8. The van der Waals surface area contributed by atoms with E-state index in [2.05, 4.69) is 45.2 Å². The van der Waals surface area contributed by atoms with Crippen LogP contribution in [0.25, 0.3) is 0 Å². The Morgan fingerprint density at radius 1 is 1.17 bits per heavy atom. The molecule has 0 heterocycles. The molecule has 0 spiro atoms. The standard InChI is InChI=1S/C12H13.C2H6Si.2ClH.Zr/c1-9-7-8-12(10(9)2)11-5-3-4-6-11;1-3-2;;;/h3-5H,6-7H2,1-2H3;1-2H3;2*1H;/q;;;;+2/p-2. The van der Waals surface area contributed by atoms with E-state index in [0.717, 1.165) is 0 Å². The van der Waals surface area contributed by atoms with E-state index in [1.54, 1.807) is 22.3 Å². The fourth-order valence-electron chi connectivity index (χ4n) is 2.40. The molecule has 0 aliphatic heterocycles. The van der Waals surface area contributed by atoms with Crippen LogP contribution in [0.5, 0.6) is 0 Å². The maximum absolute atomic E-state index is 2.49. The molecule has 0 saturated carbocycles. The molecule has 0 atom stereocenters. The van der Waals surface area contributed by atoms with Gasteiger partial charge in [0.25, 0.3) is 0 Å². The van der Waals surface area contributed by atoms with Crippen LogP contribution in [-0.2, 0) is 21.9 Å². The van der Waals surface area contributed by atoms with Gasteiger partial charge in [0.15, 0.2) is 0 Å². The van der Waals surface area contributed by atoms with Gasteiger partial charge in [0.05, 0.1) is 0 Å². The molecule has 4 heteroatoms. The van der Waals surface area contributed by atoms with Crippen molar-refractivity contribution in [3.63, 3.8) is 0 Å². The number of halogens is 2. The molecule has 0 saturated heterocycles. The minimum absolute atomic E-state index is 0. The summed E-state index contributed by atoms with van der Waals surface area (Å²) in [5.74, 6) is 0. The normalized spacial score (nSPS) is 17.2. The summed E-state index contributed by atoms with van der Waals surface area (Å²) in [4.78, 5) is 0. The summed E-state index contributed by atoms with van der Waals surface area (Å²) in [6.45, 7) is 9.63. The van der Waals surface area contributed by atoms with Crippen molar-refractivity contribution >= 4 is 5.43 Å². The smallest absolute Gasteiger partial charge is 1.00 e. The van der Waals surface area contributed by atoms with E-state index in [1.165, 1.54) is 12.8 Å². The predicted octanol–water partition coefficient (Wildman–Crippen LogP) is -1.79. The van der Waals surface area contributed by atoms with Gasteiger partial charge in [-0.1, -0.05) is 0 Å². The summed E-state index contributed by atoms with van der Waals surface area (Å²) in [5.41, 5.74) is 6.50. The van der Waals surface area contributed by atoms with E-state index in [9.17, 15) is 0 Å². The van der Waals surface area contributed by atoms with Crippen molar-refractivity contribution in [2.75, 3.05) is 0 Å². The second kappa shape index (κ2) is 8.04. The molecule has 0 bridgehead atoms. The molecule has 2 aliphatic rings. The Bertz CT molecular complexity index is 478. The van der Waals surface area contributed by atoms with E-state index in [4.69, 9.17) is 0 Å². The Balaban J connectivity index is 0.00000144. The molecule has 0 N–H and O–H groups in total. The van der Waals surface area contributed by atoms with Crippen LogP contribution < -0.4 is 24.8 Å². The Morgan fingerprint density at radius 2 is 1.83 bits per heavy atom. The average Bonchev–Trinajstić information content (AvgIpc) is 2.76. The first-order valence-electron chi connectivity index (χ1n) is 5.92. The van der Waals surface area contributed by atoms with Crippen LogP contribution in [0.4, 0.5) is 0 Å². The summed E-state index contributed by atoms with van der Waals surface area (Å²) < 4.78 is 1.88. The van der Waals surface area contributed by atoms with Crippen molar-refractivity contribution in [1.29, 1.82) is 0 Å². The predicted molar refractivity (Wildman–Crippen MR) is 69.3 cm³/mol. The van der Waals surface area contributed by atoms with Crippen molar-refractivity contribution in [2.24, 2.45) is 0 Å². The molecule has 0 unspecified atom stereocenters. The molecule has 0 aromatic rings. The first-order chi connectivity index (χ1) is 7.59. The van der Waals surface area contributed by atoms with Gasteiger partial charge >= 0.3 is 111 Å². The van der Waals surface area contributed by atoms with Crippen LogP contribution in [-0.4, -0.2) is 5.43 Å². The Kier molecular flexibility index (Phi) is 8.33. The van der Waals surface area contributed by atoms with Gasteiger partial charge in [-0.2, -0.15) is 0 Å².